The second-order valence-electron chi connectivity index (χ2n) is 5.53. The number of hydrogen-bond donors (Lipinski definition) is 0. The Bertz CT molecular complexity index is 570. The minimum absolute atomic E-state index is 0.151. The molecule has 0 aromatic heterocycles. The summed E-state index contributed by atoms with van der Waals surface area (Å²) in [5.74, 6) is -0.334. The van der Waals surface area contributed by atoms with E-state index in [1.807, 2.05) is 63.3 Å². The first-order valence-corrected chi connectivity index (χ1v) is 7.16. The third-order valence-corrected chi connectivity index (χ3v) is 3.87. The molecule has 21 heavy (non-hydrogen) atoms. The van der Waals surface area contributed by atoms with Crippen LogP contribution in [0.15, 0.2) is 54.6 Å². The van der Waals surface area contributed by atoms with Gasteiger partial charge in [-0.05, 0) is 25.8 Å². The van der Waals surface area contributed by atoms with Crippen molar-refractivity contribution in [2.24, 2.45) is 11.3 Å². The topological polar surface area (TPSA) is 47.6 Å². The van der Waals surface area contributed by atoms with Crippen LogP contribution in [0.3, 0.4) is 0 Å². The predicted octanol–water partition coefficient (Wildman–Crippen LogP) is 4.98. The zero-order valence-electron chi connectivity index (χ0n) is 13.0. The molecule has 0 bridgehead atoms. The lowest BCUT2D eigenvalue weighted by molar-refractivity contribution is 0.324. The van der Waals surface area contributed by atoms with E-state index in [1.165, 1.54) is 0 Å². The van der Waals surface area contributed by atoms with Crippen LogP contribution in [-0.4, -0.2) is 0 Å². The molecule has 0 fully saturated rings. The molecule has 0 amide bonds. The highest BCUT2D eigenvalue weighted by Crippen LogP contribution is 2.45. The van der Waals surface area contributed by atoms with Crippen LogP contribution < -0.4 is 0 Å². The normalized spacial score (nSPS) is 14.1. The quantitative estimate of drug-likeness (QED) is 0.689. The average Bonchev–Trinajstić information content (AvgIpc) is 2.49. The van der Waals surface area contributed by atoms with Crippen molar-refractivity contribution in [1.82, 2.24) is 0 Å². The van der Waals surface area contributed by atoms with Crippen molar-refractivity contribution in [2.45, 2.75) is 33.1 Å². The van der Waals surface area contributed by atoms with Crippen molar-refractivity contribution in [2.75, 3.05) is 0 Å². The molecular weight excluding hydrogens is 256 g/mol. The summed E-state index contributed by atoms with van der Waals surface area (Å²) in [5.41, 5.74) is 0.902. The van der Waals surface area contributed by atoms with Gasteiger partial charge in [-0.25, -0.2) is 0 Å². The summed E-state index contributed by atoms with van der Waals surface area (Å²) in [6, 6.07) is 14.4. The molecule has 0 saturated carbocycles. The van der Waals surface area contributed by atoms with Gasteiger partial charge in [-0.15, -0.1) is 6.58 Å². The Labute approximate surface area is 128 Å². The Morgan fingerprint density at radius 1 is 1.29 bits per heavy atom. The maximum absolute atomic E-state index is 9.78. The number of allylic oxidation sites excluding steroid dienone is 3. The van der Waals surface area contributed by atoms with E-state index in [1.54, 1.807) is 0 Å². The Kier molecular flexibility index (Phi) is 5.94. The minimum Gasteiger partial charge on any atom is -0.197 e. The monoisotopic (exact) mass is 278 g/mol. The van der Waals surface area contributed by atoms with Crippen molar-refractivity contribution in [3.63, 3.8) is 0 Å². The van der Waals surface area contributed by atoms with Gasteiger partial charge in [-0.1, -0.05) is 55.0 Å². The third kappa shape index (κ3) is 3.61. The van der Waals surface area contributed by atoms with Crippen LogP contribution >= 0.6 is 0 Å². The summed E-state index contributed by atoms with van der Waals surface area (Å²) in [7, 11) is 0. The smallest absolute Gasteiger partial charge is 0.156 e. The van der Waals surface area contributed by atoms with Gasteiger partial charge in [-0.3, -0.25) is 0 Å². The van der Waals surface area contributed by atoms with Gasteiger partial charge in [0.25, 0.3) is 0 Å². The van der Waals surface area contributed by atoms with Gasteiger partial charge in [0.2, 0.25) is 0 Å². The summed E-state index contributed by atoms with van der Waals surface area (Å²) in [6.07, 6.45) is 4.46. The van der Waals surface area contributed by atoms with E-state index in [-0.39, 0.29) is 11.8 Å². The summed E-state index contributed by atoms with van der Waals surface area (Å²) in [4.78, 5) is 0. The molecule has 2 heteroatoms. The van der Waals surface area contributed by atoms with Crippen LogP contribution in [0.25, 0.3) is 0 Å². The molecule has 2 unspecified atom stereocenters. The highest BCUT2D eigenvalue weighted by molar-refractivity contribution is 5.34. The molecule has 0 heterocycles. The summed E-state index contributed by atoms with van der Waals surface area (Å²) in [6.45, 7) is 9.75. The molecule has 1 aromatic rings. The highest BCUT2D eigenvalue weighted by atomic mass is 14.5. The molecule has 0 aliphatic rings. The van der Waals surface area contributed by atoms with E-state index in [2.05, 4.69) is 18.7 Å². The molecule has 0 saturated heterocycles. The molecule has 0 N–H and O–H groups in total. The van der Waals surface area contributed by atoms with Gasteiger partial charge < -0.3 is 0 Å². The van der Waals surface area contributed by atoms with E-state index in [0.29, 0.717) is 6.42 Å². The van der Waals surface area contributed by atoms with E-state index >= 15 is 0 Å². The highest BCUT2D eigenvalue weighted by Gasteiger charge is 2.44. The van der Waals surface area contributed by atoms with E-state index < -0.39 is 5.41 Å². The van der Waals surface area contributed by atoms with Crippen LogP contribution in [0.5, 0.6) is 0 Å². The van der Waals surface area contributed by atoms with Crippen LogP contribution in [0.2, 0.25) is 0 Å². The lowest BCUT2D eigenvalue weighted by Gasteiger charge is -2.33. The first-order valence-electron chi connectivity index (χ1n) is 7.16. The molecule has 2 atom stereocenters. The molecular formula is C19H22N2. The Balaban J connectivity index is 3.43. The maximum Gasteiger partial charge on any atom is 0.156 e. The fraction of sp³-hybridized carbons (Fsp3) is 0.368. The first-order chi connectivity index (χ1) is 10.0. The number of nitriles is 2. The number of benzene rings is 1. The average molecular weight is 278 g/mol. The fourth-order valence-corrected chi connectivity index (χ4v) is 2.72. The maximum atomic E-state index is 9.78. The van der Waals surface area contributed by atoms with Gasteiger partial charge in [0.1, 0.15) is 0 Å². The molecule has 2 nitrogen and oxygen atoms in total. The van der Waals surface area contributed by atoms with Crippen LogP contribution in [0.4, 0.5) is 0 Å². The number of nitrogens with zero attached hydrogens (tertiary/aromatic N) is 2. The van der Waals surface area contributed by atoms with Crippen molar-refractivity contribution in [3.8, 4) is 12.1 Å². The summed E-state index contributed by atoms with van der Waals surface area (Å²) in [5, 5.41) is 19.6. The molecule has 0 radical (unpaired) electrons. The van der Waals surface area contributed by atoms with Gasteiger partial charge >= 0.3 is 0 Å². The number of rotatable bonds is 6. The zero-order valence-corrected chi connectivity index (χ0v) is 13.0. The van der Waals surface area contributed by atoms with Crippen LogP contribution in [0.1, 0.15) is 38.7 Å². The third-order valence-electron chi connectivity index (χ3n) is 3.87. The first kappa shape index (κ1) is 16.7. The Morgan fingerprint density at radius 3 is 2.29 bits per heavy atom. The van der Waals surface area contributed by atoms with Gasteiger partial charge in [0.05, 0.1) is 12.1 Å². The predicted molar refractivity (Wildman–Crippen MR) is 86.3 cm³/mol. The SMILES string of the molecule is C=C(C)CC(c1ccccc1)C(C#N)(C#N)C(C)/C=C/C. The molecule has 1 rings (SSSR count). The second kappa shape index (κ2) is 7.46. The second-order valence-corrected chi connectivity index (χ2v) is 5.53. The number of hydrogen-bond acceptors (Lipinski definition) is 2. The molecule has 108 valence electrons. The standard InChI is InChI=1S/C19H22N2/c1-5-9-16(4)19(13-20,14-21)18(12-15(2)3)17-10-7-6-8-11-17/h5-11,16,18H,2,12H2,1,3-4H3/b9-5+. The summed E-state index contributed by atoms with van der Waals surface area (Å²) < 4.78 is 0. The van der Waals surface area contributed by atoms with E-state index in [0.717, 1.165) is 11.1 Å². The van der Waals surface area contributed by atoms with Gasteiger partial charge in [0.15, 0.2) is 5.41 Å². The van der Waals surface area contributed by atoms with E-state index in [4.69, 9.17) is 0 Å². The molecule has 0 aliphatic carbocycles. The minimum atomic E-state index is -1.09. The van der Waals surface area contributed by atoms with Crippen molar-refractivity contribution in [3.05, 3.63) is 60.2 Å². The van der Waals surface area contributed by atoms with Gasteiger partial charge in [0, 0.05) is 11.8 Å². The zero-order chi connectivity index (χ0) is 15.9. The molecule has 0 aliphatic heterocycles. The largest absolute Gasteiger partial charge is 0.197 e. The lowest BCUT2D eigenvalue weighted by atomic mass is 9.64. The van der Waals surface area contributed by atoms with E-state index in [9.17, 15) is 10.5 Å². The van der Waals surface area contributed by atoms with Crippen LogP contribution in [0, 0.1) is 34.0 Å². The molecule has 0 spiro atoms. The Hall–Kier alpha value is -2.32. The van der Waals surface area contributed by atoms with Crippen molar-refractivity contribution < 1.29 is 0 Å². The van der Waals surface area contributed by atoms with Gasteiger partial charge in [-0.2, -0.15) is 10.5 Å². The van der Waals surface area contributed by atoms with Crippen molar-refractivity contribution in [1.29, 1.82) is 10.5 Å². The summed E-state index contributed by atoms with van der Waals surface area (Å²) >= 11 is 0. The van der Waals surface area contributed by atoms with Crippen LogP contribution in [-0.2, 0) is 0 Å². The fourth-order valence-electron chi connectivity index (χ4n) is 2.72. The lowest BCUT2D eigenvalue weighted by Crippen LogP contribution is -2.32. The van der Waals surface area contributed by atoms with Crippen molar-refractivity contribution >= 4 is 0 Å². The molecule has 1 aromatic carbocycles. The Morgan fingerprint density at radius 2 is 1.86 bits per heavy atom.